The molecule has 0 unspecified atom stereocenters. The zero-order valence-electron chi connectivity index (χ0n) is 14.2. The molecule has 1 aliphatic heterocycles. The number of rotatable bonds is 6. The highest BCUT2D eigenvalue weighted by Gasteiger charge is 2.32. The molecule has 134 valence electrons. The molecule has 2 aromatic rings. The normalized spacial score (nSPS) is 20.3. The maximum atomic E-state index is 11.7. The summed E-state index contributed by atoms with van der Waals surface area (Å²) in [6.45, 7) is 2.78. The molecule has 0 amide bonds. The topological polar surface area (TPSA) is 55.8 Å². The summed E-state index contributed by atoms with van der Waals surface area (Å²) in [6, 6.07) is 19.6. The van der Waals surface area contributed by atoms with Gasteiger partial charge in [-0.15, -0.1) is 0 Å². The van der Waals surface area contributed by atoms with E-state index in [0.717, 1.165) is 24.9 Å². The summed E-state index contributed by atoms with van der Waals surface area (Å²) < 4.78 is 34.7. The van der Waals surface area contributed by atoms with Crippen molar-refractivity contribution in [3.05, 3.63) is 71.8 Å². The van der Waals surface area contributed by atoms with E-state index in [2.05, 4.69) is 17.0 Å². The second kappa shape index (κ2) is 8.10. The predicted molar refractivity (Wildman–Crippen MR) is 96.6 cm³/mol. The van der Waals surface area contributed by atoms with Crippen LogP contribution in [-0.2, 0) is 25.6 Å². The number of benzene rings is 2. The number of hydrogen-bond donors (Lipinski definition) is 0. The zero-order valence-corrected chi connectivity index (χ0v) is 15.1. The maximum absolute atomic E-state index is 11.7. The third-order valence-electron chi connectivity index (χ3n) is 4.17. The van der Waals surface area contributed by atoms with Gasteiger partial charge in [0.05, 0.1) is 12.9 Å². The molecule has 0 bridgehead atoms. The number of nitrogens with zero attached hydrogens (tertiary/aromatic N) is 1. The fraction of sp³-hybridized carbons (Fsp3) is 0.368. The minimum Gasteiger partial charge on any atom is -0.372 e. The van der Waals surface area contributed by atoms with Gasteiger partial charge in [-0.2, -0.15) is 8.42 Å². The summed E-state index contributed by atoms with van der Waals surface area (Å²) in [5.74, 6) is 0. The van der Waals surface area contributed by atoms with Crippen molar-refractivity contribution in [2.24, 2.45) is 0 Å². The van der Waals surface area contributed by atoms with Gasteiger partial charge in [0.1, 0.15) is 12.2 Å². The van der Waals surface area contributed by atoms with Crippen LogP contribution < -0.4 is 0 Å². The van der Waals surface area contributed by atoms with E-state index >= 15 is 0 Å². The van der Waals surface area contributed by atoms with Gasteiger partial charge in [0.25, 0.3) is 10.1 Å². The molecule has 1 saturated heterocycles. The van der Waals surface area contributed by atoms with Crippen LogP contribution in [0.2, 0.25) is 0 Å². The lowest BCUT2D eigenvalue weighted by Gasteiger charge is -2.36. The van der Waals surface area contributed by atoms with Crippen LogP contribution in [0.15, 0.2) is 60.7 Å². The summed E-state index contributed by atoms with van der Waals surface area (Å²) in [4.78, 5) is 2.27. The quantitative estimate of drug-likeness (QED) is 0.740. The standard InChI is InChI=1S/C19H23NO4S/c1-25(21,22)24-19(17-10-6-3-7-11-17)18-15-20(12-13-23-18)14-16-8-4-2-5-9-16/h2-11,18-19H,12-15H2,1H3/t18-,19+/m0/s1. The second-order valence-electron chi connectivity index (χ2n) is 6.26. The molecule has 1 aliphatic rings. The minimum absolute atomic E-state index is 0.338. The number of morpholine rings is 1. The number of hydrogen-bond acceptors (Lipinski definition) is 5. The van der Waals surface area contributed by atoms with Crippen LogP contribution in [0.4, 0.5) is 0 Å². The van der Waals surface area contributed by atoms with E-state index < -0.39 is 16.2 Å². The third kappa shape index (κ3) is 5.37. The lowest BCUT2D eigenvalue weighted by Crippen LogP contribution is -2.45. The lowest BCUT2D eigenvalue weighted by molar-refractivity contribution is -0.0822. The second-order valence-corrected chi connectivity index (χ2v) is 7.86. The van der Waals surface area contributed by atoms with Crippen LogP contribution in [0.3, 0.4) is 0 Å². The van der Waals surface area contributed by atoms with Crippen molar-refractivity contribution in [3.63, 3.8) is 0 Å². The summed E-state index contributed by atoms with van der Waals surface area (Å²) >= 11 is 0. The zero-order chi connectivity index (χ0) is 17.7. The highest BCUT2D eigenvalue weighted by Crippen LogP contribution is 2.28. The first kappa shape index (κ1) is 18.1. The molecule has 0 saturated carbocycles. The molecule has 25 heavy (non-hydrogen) atoms. The van der Waals surface area contributed by atoms with Gasteiger partial charge in [-0.25, -0.2) is 0 Å². The molecule has 5 nitrogen and oxygen atoms in total. The van der Waals surface area contributed by atoms with E-state index in [1.807, 2.05) is 48.5 Å². The molecule has 1 fully saturated rings. The third-order valence-corrected chi connectivity index (χ3v) is 4.73. The van der Waals surface area contributed by atoms with E-state index in [4.69, 9.17) is 8.92 Å². The fourth-order valence-electron chi connectivity index (χ4n) is 3.06. The van der Waals surface area contributed by atoms with Crippen molar-refractivity contribution in [1.29, 1.82) is 0 Å². The van der Waals surface area contributed by atoms with Gasteiger partial charge in [-0.1, -0.05) is 60.7 Å². The molecule has 0 aromatic heterocycles. The average molecular weight is 361 g/mol. The van der Waals surface area contributed by atoms with E-state index in [-0.39, 0.29) is 6.10 Å². The van der Waals surface area contributed by atoms with Gasteiger partial charge >= 0.3 is 0 Å². The smallest absolute Gasteiger partial charge is 0.265 e. The van der Waals surface area contributed by atoms with Crippen molar-refractivity contribution in [2.45, 2.75) is 18.8 Å². The summed E-state index contributed by atoms with van der Waals surface area (Å²) in [6.07, 6.45) is 0.0948. The van der Waals surface area contributed by atoms with Crippen molar-refractivity contribution in [2.75, 3.05) is 26.0 Å². The first-order valence-corrected chi connectivity index (χ1v) is 10.1. The Balaban J connectivity index is 1.76. The van der Waals surface area contributed by atoms with E-state index in [9.17, 15) is 8.42 Å². The van der Waals surface area contributed by atoms with Crippen molar-refractivity contribution < 1.29 is 17.3 Å². The Morgan fingerprint density at radius 2 is 1.76 bits per heavy atom. The maximum Gasteiger partial charge on any atom is 0.265 e. The monoisotopic (exact) mass is 361 g/mol. The van der Waals surface area contributed by atoms with Crippen molar-refractivity contribution >= 4 is 10.1 Å². The summed E-state index contributed by atoms with van der Waals surface area (Å²) in [5, 5.41) is 0. The Labute approximate surface area is 149 Å². The van der Waals surface area contributed by atoms with Gasteiger partial charge in [0, 0.05) is 19.6 Å². The van der Waals surface area contributed by atoms with Crippen LogP contribution in [0.1, 0.15) is 17.2 Å². The van der Waals surface area contributed by atoms with Crippen LogP contribution in [0.5, 0.6) is 0 Å². The van der Waals surface area contributed by atoms with Crippen molar-refractivity contribution in [1.82, 2.24) is 4.90 Å². The summed E-state index contributed by atoms with van der Waals surface area (Å²) in [7, 11) is -3.60. The molecular formula is C19H23NO4S. The first-order chi connectivity index (χ1) is 12.0. The van der Waals surface area contributed by atoms with Gasteiger partial charge in [-0.3, -0.25) is 9.08 Å². The molecule has 1 heterocycles. The number of ether oxygens (including phenoxy) is 1. The molecule has 0 spiro atoms. The van der Waals surface area contributed by atoms with Gasteiger partial charge in [0.15, 0.2) is 0 Å². The van der Waals surface area contributed by atoms with E-state index in [0.29, 0.717) is 13.2 Å². The lowest BCUT2D eigenvalue weighted by atomic mass is 10.0. The Bertz CT molecular complexity index is 765. The van der Waals surface area contributed by atoms with E-state index in [1.54, 1.807) is 0 Å². The minimum atomic E-state index is -3.60. The first-order valence-electron chi connectivity index (χ1n) is 8.32. The molecule has 2 atom stereocenters. The Morgan fingerprint density at radius 3 is 2.40 bits per heavy atom. The molecule has 0 aliphatic carbocycles. The molecule has 2 aromatic carbocycles. The summed E-state index contributed by atoms with van der Waals surface area (Å²) in [5.41, 5.74) is 2.03. The van der Waals surface area contributed by atoms with Gasteiger partial charge in [-0.05, 0) is 11.1 Å². The van der Waals surface area contributed by atoms with Crippen LogP contribution in [0, 0.1) is 0 Å². The molecular weight excluding hydrogens is 338 g/mol. The Kier molecular flexibility index (Phi) is 5.86. The average Bonchev–Trinajstić information content (AvgIpc) is 2.61. The fourth-order valence-corrected chi connectivity index (χ4v) is 3.67. The highest BCUT2D eigenvalue weighted by atomic mass is 32.2. The molecule has 0 radical (unpaired) electrons. The van der Waals surface area contributed by atoms with Crippen LogP contribution in [0.25, 0.3) is 0 Å². The highest BCUT2D eigenvalue weighted by molar-refractivity contribution is 7.86. The van der Waals surface area contributed by atoms with Crippen LogP contribution >= 0.6 is 0 Å². The van der Waals surface area contributed by atoms with Gasteiger partial charge < -0.3 is 4.74 Å². The van der Waals surface area contributed by atoms with E-state index in [1.165, 1.54) is 5.56 Å². The van der Waals surface area contributed by atoms with Crippen molar-refractivity contribution in [3.8, 4) is 0 Å². The largest absolute Gasteiger partial charge is 0.372 e. The molecule has 3 rings (SSSR count). The Hall–Kier alpha value is -1.73. The SMILES string of the molecule is CS(=O)(=O)O[C@H](c1ccccc1)[C@@H]1CN(Cc2ccccc2)CCO1. The Morgan fingerprint density at radius 1 is 1.12 bits per heavy atom. The predicted octanol–water partition coefficient (Wildman–Crippen LogP) is 2.60. The van der Waals surface area contributed by atoms with Gasteiger partial charge in [0.2, 0.25) is 0 Å². The molecule has 6 heteroatoms. The van der Waals surface area contributed by atoms with Crippen LogP contribution in [-0.4, -0.2) is 45.4 Å². The molecule has 0 N–H and O–H groups in total.